The average molecular weight is 570 g/mol. The maximum absolute atomic E-state index is 10.5. The van der Waals surface area contributed by atoms with E-state index in [0.29, 0.717) is 34.3 Å². The number of rotatable bonds is 9. The Kier molecular flexibility index (Phi) is 17.5. The summed E-state index contributed by atoms with van der Waals surface area (Å²) in [6.45, 7) is 2.66. The van der Waals surface area contributed by atoms with E-state index in [2.05, 4.69) is 15.3 Å². The zero-order chi connectivity index (χ0) is 25.0. The first-order chi connectivity index (χ1) is 15.5. The summed E-state index contributed by atoms with van der Waals surface area (Å²) in [6, 6.07) is 3.22. The molecule has 3 N–H and O–H groups in total. The third kappa shape index (κ3) is 14.4. The van der Waals surface area contributed by atoms with Gasteiger partial charge in [-0.05, 0) is 29.7 Å². The van der Waals surface area contributed by atoms with E-state index >= 15 is 0 Å². The van der Waals surface area contributed by atoms with Crippen molar-refractivity contribution in [2.75, 3.05) is 6.54 Å². The monoisotopic (exact) mass is 568 g/mol. The van der Waals surface area contributed by atoms with Crippen molar-refractivity contribution in [1.82, 2.24) is 15.3 Å². The van der Waals surface area contributed by atoms with Gasteiger partial charge < -0.3 is 11.1 Å². The summed E-state index contributed by atoms with van der Waals surface area (Å²) >= 11 is 22.9. The Hall–Kier alpha value is -2.66. The van der Waals surface area contributed by atoms with Gasteiger partial charge in [-0.1, -0.05) is 68.2 Å². The fourth-order valence-electron chi connectivity index (χ4n) is 2.32. The molecule has 0 spiro atoms. The third-order valence-electron chi connectivity index (χ3n) is 3.64. The Morgan fingerprint density at radius 3 is 1.80 bits per heavy atom. The van der Waals surface area contributed by atoms with E-state index in [9.17, 15) is 20.2 Å². The first kappa shape index (κ1) is 34.5. The van der Waals surface area contributed by atoms with Gasteiger partial charge >= 0.3 is 0 Å². The molecule has 0 unspecified atom stereocenters. The number of pyridine rings is 2. The smallest absolute Gasteiger partial charge is 0.253 e. The summed E-state index contributed by atoms with van der Waals surface area (Å²) in [5.74, 6) is 0. The molecule has 0 atom stereocenters. The van der Waals surface area contributed by atoms with Crippen LogP contribution in [0, 0.1) is 20.2 Å². The summed E-state index contributed by atoms with van der Waals surface area (Å²) in [6.07, 6.45) is 6.18. The van der Waals surface area contributed by atoms with Crippen LogP contribution in [0.15, 0.2) is 48.3 Å². The van der Waals surface area contributed by atoms with E-state index in [4.69, 9.17) is 52.1 Å². The number of hydrogen-bond donors (Lipinski definition) is 2. The van der Waals surface area contributed by atoms with Crippen LogP contribution in [-0.2, 0) is 12.8 Å². The minimum atomic E-state index is -0.611. The van der Waals surface area contributed by atoms with Gasteiger partial charge in [-0.2, -0.15) is 0 Å². The summed E-state index contributed by atoms with van der Waals surface area (Å²) in [5, 5.41) is 24.7. The van der Waals surface area contributed by atoms with Gasteiger partial charge in [0.05, 0.1) is 31.3 Å². The molecular formula is C21H28Cl4N6O4. The minimum absolute atomic E-state index is 0. The fraction of sp³-hybridized carbons (Fsp3) is 0.333. The number of nitrogens with one attached hydrogen (secondary N) is 1. The van der Waals surface area contributed by atoms with Crippen LogP contribution in [0.4, 0.5) is 0 Å². The number of hydrogen-bond acceptors (Lipinski definition) is 8. The van der Waals surface area contributed by atoms with Crippen molar-refractivity contribution in [3.05, 3.63) is 100 Å². The zero-order valence-corrected chi connectivity index (χ0v) is 20.3. The lowest BCUT2D eigenvalue weighted by Crippen LogP contribution is -2.17. The second-order valence-corrected chi connectivity index (χ2v) is 7.97. The standard InChI is InChI=1S/C11H13Cl2N3O2.C8H7Cl2N3O2.2CH4/c1-2-3-14-9(7-16(17)18)4-8-5-10(12)11(13)15-6-8;9-7-2-5(3-12-8(7)10)1-6(11)4-13(14)15;;/h5-7,14H,2-4H2,1H3;2-4H,1,11H2;2*1H4/b9-7-;6-4-;;. The van der Waals surface area contributed by atoms with E-state index in [1.54, 1.807) is 18.3 Å². The van der Waals surface area contributed by atoms with E-state index in [1.165, 1.54) is 6.20 Å². The summed E-state index contributed by atoms with van der Waals surface area (Å²) in [4.78, 5) is 27.2. The van der Waals surface area contributed by atoms with Crippen LogP contribution in [0.5, 0.6) is 0 Å². The predicted molar refractivity (Wildman–Crippen MR) is 142 cm³/mol. The predicted octanol–water partition coefficient (Wildman–Crippen LogP) is 6.33. The molecule has 10 nitrogen and oxygen atoms in total. The van der Waals surface area contributed by atoms with Crippen molar-refractivity contribution in [1.29, 1.82) is 0 Å². The topological polar surface area (TPSA) is 150 Å². The SMILES string of the molecule is C.C.CCCN/C(=C\[N+](=O)[O-])Cc1cnc(Cl)c(Cl)c1.N/C(=C\[N+](=O)[O-])Cc1cnc(Cl)c(Cl)c1. The van der Waals surface area contributed by atoms with E-state index < -0.39 is 9.85 Å². The molecule has 194 valence electrons. The van der Waals surface area contributed by atoms with Crippen LogP contribution in [0.1, 0.15) is 39.3 Å². The van der Waals surface area contributed by atoms with Crippen molar-refractivity contribution < 1.29 is 9.85 Å². The molecule has 2 heterocycles. The highest BCUT2D eigenvalue weighted by molar-refractivity contribution is 6.41. The van der Waals surface area contributed by atoms with Crippen molar-refractivity contribution in [3.8, 4) is 0 Å². The first-order valence-corrected chi connectivity index (χ1v) is 10.8. The molecule has 0 saturated carbocycles. The van der Waals surface area contributed by atoms with Gasteiger partial charge in [-0.3, -0.25) is 20.2 Å². The molecule has 14 heteroatoms. The molecule has 2 rings (SSSR count). The molecule has 0 fully saturated rings. The summed E-state index contributed by atoms with van der Waals surface area (Å²) < 4.78 is 0. The molecule has 0 aliphatic rings. The molecule has 0 aliphatic carbocycles. The van der Waals surface area contributed by atoms with Crippen LogP contribution in [0.3, 0.4) is 0 Å². The average Bonchev–Trinajstić information content (AvgIpc) is 2.71. The van der Waals surface area contributed by atoms with Gasteiger partial charge in [-0.15, -0.1) is 0 Å². The third-order valence-corrected chi connectivity index (χ3v) is 5.02. The molecular weight excluding hydrogens is 542 g/mol. The van der Waals surface area contributed by atoms with Crippen molar-refractivity contribution in [2.45, 2.75) is 41.0 Å². The number of aromatic nitrogens is 2. The molecule has 2 aromatic heterocycles. The molecule has 0 saturated heterocycles. The highest BCUT2D eigenvalue weighted by Crippen LogP contribution is 2.21. The summed E-state index contributed by atoms with van der Waals surface area (Å²) in [7, 11) is 0. The van der Waals surface area contributed by atoms with E-state index in [0.717, 1.165) is 24.4 Å². The van der Waals surface area contributed by atoms with Gasteiger partial charge in [0.25, 0.3) is 12.4 Å². The lowest BCUT2D eigenvalue weighted by molar-refractivity contribution is -0.403. The van der Waals surface area contributed by atoms with E-state index in [-0.39, 0.29) is 37.3 Å². The number of allylic oxidation sites excluding steroid dienone is 2. The lowest BCUT2D eigenvalue weighted by atomic mass is 10.1. The van der Waals surface area contributed by atoms with Gasteiger partial charge in [0.15, 0.2) is 0 Å². The Bertz CT molecular complexity index is 1050. The molecule has 0 amide bonds. The second-order valence-electron chi connectivity index (χ2n) is 6.44. The van der Waals surface area contributed by atoms with Crippen molar-refractivity contribution in [3.63, 3.8) is 0 Å². The number of nitro groups is 2. The Labute approximate surface area is 224 Å². The second kappa shape index (κ2) is 17.7. The van der Waals surface area contributed by atoms with Crippen molar-refractivity contribution >= 4 is 46.4 Å². The first-order valence-electron chi connectivity index (χ1n) is 9.29. The number of nitrogens with zero attached hydrogens (tertiary/aromatic N) is 4. The maximum Gasteiger partial charge on any atom is 0.253 e. The highest BCUT2D eigenvalue weighted by Gasteiger charge is 2.07. The zero-order valence-electron chi connectivity index (χ0n) is 17.3. The van der Waals surface area contributed by atoms with Gasteiger partial charge in [0, 0.05) is 31.8 Å². The van der Waals surface area contributed by atoms with Crippen molar-refractivity contribution in [2.24, 2.45) is 5.73 Å². The van der Waals surface area contributed by atoms with Crippen LogP contribution in [0.25, 0.3) is 0 Å². The van der Waals surface area contributed by atoms with E-state index in [1.807, 2.05) is 6.92 Å². The van der Waals surface area contributed by atoms with Crippen LogP contribution in [-0.4, -0.2) is 26.4 Å². The maximum atomic E-state index is 10.5. The van der Waals surface area contributed by atoms with Crippen LogP contribution in [0.2, 0.25) is 20.4 Å². The molecule has 35 heavy (non-hydrogen) atoms. The quantitative estimate of drug-likeness (QED) is 0.202. The van der Waals surface area contributed by atoms with Gasteiger partial charge in [-0.25, -0.2) is 9.97 Å². The molecule has 0 aliphatic heterocycles. The largest absolute Gasteiger partial charge is 0.397 e. The lowest BCUT2D eigenvalue weighted by Gasteiger charge is -2.08. The fourth-order valence-corrected chi connectivity index (χ4v) is 2.90. The number of nitrogens with two attached hydrogens (primary N) is 1. The normalized spacial score (nSPS) is 10.8. The minimum Gasteiger partial charge on any atom is -0.397 e. The van der Waals surface area contributed by atoms with Gasteiger partial charge in [0.1, 0.15) is 10.3 Å². The summed E-state index contributed by atoms with van der Waals surface area (Å²) in [5.41, 5.74) is 7.48. The Balaban J connectivity index is 0. The number of halogens is 4. The Morgan fingerprint density at radius 2 is 1.40 bits per heavy atom. The molecule has 0 aromatic carbocycles. The Morgan fingerprint density at radius 1 is 0.943 bits per heavy atom. The molecule has 2 aromatic rings. The molecule has 0 bridgehead atoms. The van der Waals surface area contributed by atoms with Crippen LogP contribution >= 0.6 is 46.4 Å². The van der Waals surface area contributed by atoms with Gasteiger partial charge in [0.2, 0.25) is 0 Å². The molecule has 0 radical (unpaired) electrons. The highest BCUT2D eigenvalue weighted by atomic mass is 35.5. The van der Waals surface area contributed by atoms with Crippen LogP contribution < -0.4 is 11.1 Å².